The Morgan fingerprint density at radius 2 is 1.83 bits per heavy atom. The number of halogens is 1. The summed E-state index contributed by atoms with van der Waals surface area (Å²) in [6, 6.07) is 20.1. The molecule has 2 heteroatoms. The van der Waals surface area contributed by atoms with Crippen LogP contribution in [0.4, 0.5) is 0 Å². The highest BCUT2D eigenvalue weighted by Crippen LogP contribution is 2.21. The maximum absolute atomic E-state index is 9.24. The molecule has 0 heterocycles. The minimum Gasteiger partial charge on any atom is -0.198 e. The first kappa shape index (κ1) is 12.7. The third-order valence-electron chi connectivity index (χ3n) is 2.97. The smallest absolute Gasteiger partial charge is 0.0715 e. The molecule has 0 fully saturated rings. The summed E-state index contributed by atoms with van der Waals surface area (Å²) in [6.45, 7) is 0. The predicted octanol–water partition coefficient (Wildman–Crippen LogP) is 4.58. The molecule has 90 valence electrons. The third kappa shape index (κ3) is 3.35. The van der Waals surface area contributed by atoms with Gasteiger partial charge in [0.15, 0.2) is 0 Å². The molecule has 0 radical (unpaired) electrons. The van der Waals surface area contributed by atoms with Gasteiger partial charge in [0.1, 0.15) is 0 Å². The molecule has 0 spiro atoms. The molecule has 0 aliphatic rings. The molecular formula is C16H14ClN. The number of hydrogen-bond donors (Lipinski definition) is 0. The minimum atomic E-state index is -0.0508. The van der Waals surface area contributed by atoms with E-state index in [-0.39, 0.29) is 5.92 Å². The molecule has 0 saturated carbocycles. The van der Waals surface area contributed by atoms with Crippen molar-refractivity contribution in [3.05, 3.63) is 70.7 Å². The second-order valence-corrected chi connectivity index (χ2v) is 4.70. The lowest BCUT2D eigenvalue weighted by Crippen LogP contribution is -1.98. The van der Waals surface area contributed by atoms with Gasteiger partial charge in [-0.1, -0.05) is 54.1 Å². The van der Waals surface area contributed by atoms with Crippen LogP contribution < -0.4 is 0 Å². The van der Waals surface area contributed by atoms with Crippen molar-refractivity contribution < 1.29 is 0 Å². The highest BCUT2D eigenvalue weighted by molar-refractivity contribution is 6.30. The molecule has 0 N–H and O–H groups in total. The number of benzene rings is 2. The normalized spacial score (nSPS) is 11.8. The molecule has 2 aromatic carbocycles. The van der Waals surface area contributed by atoms with Crippen molar-refractivity contribution in [3.63, 3.8) is 0 Å². The summed E-state index contributed by atoms with van der Waals surface area (Å²) in [5, 5.41) is 9.99. The number of hydrogen-bond acceptors (Lipinski definition) is 1. The van der Waals surface area contributed by atoms with Gasteiger partial charge in [-0.25, -0.2) is 0 Å². The second kappa shape index (κ2) is 6.23. The van der Waals surface area contributed by atoms with Gasteiger partial charge in [0, 0.05) is 5.02 Å². The summed E-state index contributed by atoms with van der Waals surface area (Å²) in [7, 11) is 0. The van der Waals surface area contributed by atoms with Crippen LogP contribution in [0.5, 0.6) is 0 Å². The van der Waals surface area contributed by atoms with Crippen LogP contribution in [0.15, 0.2) is 54.6 Å². The summed E-state index contributed by atoms with van der Waals surface area (Å²) in [5.74, 6) is -0.0508. The van der Waals surface area contributed by atoms with Gasteiger partial charge in [-0.05, 0) is 36.1 Å². The summed E-state index contributed by atoms with van der Waals surface area (Å²) in [6.07, 6.45) is 1.69. The van der Waals surface area contributed by atoms with E-state index in [0.717, 1.165) is 23.4 Å². The summed E-state index contributed by atoms with van der Waals surface area (Å²) < 4.78 is 0. The fourth-order valence-corrected chi connectivity index (χ4v) is 2.21. The summed E-state index contributed by atoms with van der Waals surface area (Å²) >= 11 is 5.95. The molecule has 0 amide bonds. The van der Waals surface area contributed by atoms with E-state index in [1.165, 1.54) is 5.56 Å². The molecular weight excluding hydrogens is 242 g/mol. The van der Waals surface area contributed by atoms with E-state index in [4.69, 9.17) is 11.6 Å². The number of aryl methyl sites for hydroxylation is 1. The Labute approximate surface area is 113 Å². The van der Waals surface area contributed by atoms with E-state index >= 15 is 0 Å². The average molecular weight is 256 g/mol. The maximum atomic E-state index is 9.24. The van der Waals surface area contributed by atoms with Crippen LogP contribution in [0.1, 0.15) is 23.5 Å². The predicted molar refractivity (Wildman–Crippen MR) is 74.6 cm³/mol. The SMILES string of the molecule is N#CC(CCc1cccc(Cl)c1)c1ccccc1. The first-order chi connectivity index (χ1) is 8.79. The third-order valence-corrected chi connectivity index (χ3v) is 3.20. The first-order valence-electron chi connectivity index (χ1n) is 5.98. The fraction of sp³-hybridized carbons (Fsp3) is 0.188. The zero-order valence-electron chi connectivity index (χ0n) is 10.0. The number of nitrogens with zero attached hydrogens (tertiary/aromatic N) is 1. The lowest BCUT2D eigenvalue weighted by Gasteiger charge is -2.09. The number of rotatable bonds is 4. The van der Waals surface area contributed by atoms with Crippen LogP contribution in [0.2, 0.25) is 5.02 Å². The van der Waals surface area contributed by atoms with Crippen LogP contribution in [0.3, 0.4) is 0 Å². The molecule has 2 aromatic rings. The van der Waals surface area contributed by atoms with Crippen LogP contribution in [-0.2, 0) is 6.42 Å². The van der Waals surface area contributed by atoms with E-state index in [0.29, 0.717) is 0 Å². The van der Waals surface area contributed by atoms with Gasteiger partial charge in [0.05, 0.1) is 12.0 Å². The molecule has 0 aliphatic carbocycles. The summed E-state index contributed by atoms with van der Waals surface area (Å²) in [4.78, 5) is 0. The lowest BCUT2D eigenvalue weighted by atomic mass is 9.94. The Morgan fingerprint density at radius 3 is 2.50 bits per heavy atom. The molecule has 2 rings (SSSR count). The zero-order chi connectivity index (χ0) is 12.8. The van der Waals surface area contributed by atoms with Gasteiger partial charge in [0.25, 0.3) is 0 Å². The average Bonchev–Trinajstić information content (AvgIpc) is 2.41. The van der Waals surface area contributed by atoms with Crippen LogP contribution in [0.25, 0.3) is 0 Å². The van der Waals surface area contributed by atoms with Gasteiger partial charge in [-0.15, -0.1) is 0 Å². The Kier molecular flexibility index (Phi) is 4.39. The lowest BCUT2D eigenvalue weighted by molar-refractivity contribution is 0.746. The summed E-state index contributed by atoms with van der Waals surface area (Å²) in [5.41, 5.74) is 2.26. The molecule has 1 atom stereocenters. The largest absolute Gasteiger partial charge is 0.198 e. The minimum absolute atomic E-state index is 0.0508. The molecule has 0 saturated heterocycles. The highest BCUT2D eigenvalue weighted by atomic mass is 35.5. The Balaban J connectivity index is 2.03. The van der Waals surface area contributed by atoms with Crippen molar-refractivity contribution in [2.45, 2.75) is 18.8 Å². The Hall–Kier alpha value is -1.78. The Bertz CT molecular complexity index is 543. The van der Waals surface area contributed by atoms with Gasteiger partial charge >= 0.3 is 0 Å². The first-order valence-corrected chi connectivity index (χ1v) is 6.36. The van der Waals surface area contributed by atoms with E-state index < -0.39 is 0 Å². The van der Waals surface area contributed by atoms with Gasteiger partial charge in [-0.3, -0.25) is 0 Å². The van der Waals surface area contributed by atoms with Crippen molar-refractivity contribution in [3.8, 4) is 6.07 Å². The van der Waals surface area contributed by atoms with Crippen molar-refractivity contribution in [2.24, 2.45) is 0 Å². The van der Waals surface area contributed by atoms with Crippen LogP contribution in [-0.4, -0.2) is 0 Å². The molecule has 1 unspecified atom stereocenters. The van der Waals surface area contributed by atoms with E-state index in [1.54, 1.807) is 0 Å². The van der Waals surface area contributed by atoms with E-state index in [1.807, 2.05) is 54.6 Å². The molecule has 0 bridgehead atoms. The second-order valence-electron chi connectivity index (χ2n) is 4.26. The maximum Gasteiger partial charge on any atom is 0.0715 e. The fourth-order valence-electron chi connectivity index (χ4n) is 1.99. The van der Waals surface area contributed by atoms with Gasteiger partial charge < -0.3 is 0 Å². The number of nitriles is 1. The molecule has 0 aliphatic heterocycles. The van der Waals surface area contributed by atoms with Crippen molar-refractivity contribution >= 4 is 11.6 Å². The molecule has 0 aromatic heterocycles. The van der Waals surface area contributed by atoms with Crippen LogP contribution >= 0.6 is 11.6 Å². The Morgan fingerprint density at radius 1 is 1.06 bits per heavy atom. The van der Waals surface area contributed by atoms with Crippen molar-refractivity contribution in [1.29, 1.82) is 5.26 Å². The van der Waals surface area contributed by atoms with E-state index in [2.05, 4.69) is 6.07 Å². The van der Waals surface area contributed by atoms with Crippen LogP contribution in [0, 0.1) is 11.3 Å². The van der Waals surface area contributed by atoms with Crippen molar-refractivity contribution in [2.75, 3.05) is 0 Å². The topological polar surface area (TPSA) is 23.8 Å². The highest BCUT2D eigenvalue weighted by Gasteiger charge is 2.10. The monoisotopic (exact) mass is 255 g/mol. The standard InChI is InChI=1S/C16H14ClN/c17-16-8-4-5-13(11-16)9-10-15(12-18)14-6-2-1-3-7-14/h1-8,11,15H,9-10H2. The van der Waals surface area contributed by atoms with Gasteiger partial charge in [0.2, 0.25) is 0 Å². The van der Waals surface area contributed by atoms with E-state index in [9.17, 15) is 5.26 Å². The van der Waals surface area contributed by atoms with Crippen molar-refractivity contribution in [1.82, 2.24) is 0 Å². The zero-order valence-corrected chi connectivity index (χ0v) is 10.8. The molecule has 1 nitrogen and oxygen atoms in total. The van der Waals surface area contributed by atoms with Gasteiger partial charge in [-0.2, -0.15) is 5.26 Å². The quantitative estimate of drug-likeness (QED) is 0.785. The molecule has 18 heavy (non-hydrogen) atoms.